The van der Waals surface area contributed by atoms with Gasteiger partial charge in [-0.05, 0) is 136 Å². The van der Waals surface area contributed by atoms with E-state index in [1.54, 1.807) is 18.2 Å². The number of phenolic OH excluding ortho intramolecular Hbond substituents is 1. The number of hydrogen-bond donors (Lipinski definition) is 2. The van der Waals surface area contributed by atoms with Gasteiger partial charge in [0.2, 0.25) is 0 Å². The molecule has 274 valence electrons. The van der Waals surface area contributed by atoms with E-state index >= 15 is 0 Å². The Labute approximate surface area is 310 Å². The second-order valence-electron chi connectivity index (χ2n) is 15.2. The van der Waals surface area contributed by atoms with Gasteiger partial charge in [0, 0.05) is 52.6 Å². The van der Waals surface area contributed by atoms with E-state index in [-0.39, 0.29) is 11.7 Å². The summed E-state index contributed by atoms with van der Waals surface area (Å²) in [7, 11) is 0. The summed E-state index contributed by atoms with van der Waals surface area (Å²) in [6.45, 7) is 18.2. The molecule has 1 aromatic heterocycles. The van der Waals surface area contributed by atoms with Crippen molar-refractivity contribution in [3.05, 3.63) is 107 Å². The molecule has 5 aromatic rings. The number of rotatable bonds is 16. The number of aryl methyl sites for hydroxylation is 1. The van der Waals surface area contributed by atoms with Gasteiger partial charge in [-0.1, -0.05) is 70.9 Å². The zero-order chi connectivity index (χ0) is 36.8. The predicted molar refractivity (Wildman–Crippen MR) is 216 cm³/mol. The highest BCUT2D eigenvalue weighted by Gasteiger charge is 2.26. The number of nitrogens with one attached hydrogen (secondary N) is 1. The van der Waals surface area contributed by atoms with Gasteiger partial charge in [-0.25, -0.2) is 0 Å². The van der Waals surface area contributed by atoms with Crippen molar-refractivity contribution in [2.45, 2.75) is 92.5 Å². The number of hydrogen-bond acceptors (Lipinski definition) is 4. The van der Waals surface area contributed by atoms with Crippen molar-refractivity contribution in [2.75, 3.05) is 25.0 Å². The molecule has 4 aromatic carbocycles. The van der Waals surface area contributed by atoms with Gasteiger partial charge in [-0.3, -0.25) is 4.79 Å². The average molecular weight is 700 g/mol. The van der Waals surface area contributed by atoms with E-state index < -0.39 is 0 Å². The first-order valence-electron chi connectivity index (χ1n) is 19.5. The molecular formula is C46H57N3O3. The summed E-state index contributed by atoms with van der Waals surface area (Å²) in [5.74, 6) is 3.10. The molecule has 1 fully saturated rings. The van der Waals surface area contributed by atoms with Crippen LogP contribution in [0.15, 0.2) is 84.9 Å². The largest absolute Gasteiger partial charge is 0.507 e. The van der Waals surface area contributed by atoms with E-state index in [4.69, 9.17) is 4.74 Å². The molecular weight excluding hydrogens is 643 g/mol. The van der Waals surface area contributed by atoms with E-state index in [0.29, 0.717) is 28.8 Å². The van der Waals surface area contributed by atoms with Gasteiger partial charge in [0.05, 0.1) is 0 Å². The zero-order valence-corrected chi connectivity index (χ0v) is 32.0. The average Bonchev–Trinajstić information content (AvgIpc) is 3.34. The molecule has 0 aliphatic heterocycles. The maximum atomic E-state index is 13.3. The molecule has 2 N–H and O–H groups in total. The first-order chi connectivity index (χ1) is 25.1. The molecule has 6 rings (SSSR count). The number of nitrogens with zero attached hydrogens (tertiary/aromatic N) is 2. The van der Waals surface area contributed by atoms with Gasteiger partial charge in [0.25, 0.3) is 5.91 Å². The van der Waals surface area contributed by atoms with Crippen LogP contribution in [0.25, 0.3) is 22.0 Å². The number of aromatic nitrogens is 1. The van der Waals surface area contributed by atoms with Crippen molar-refractivity contribution in [3.8, 4) is 28.4 Å². The summed E-state index contributed by atoms with van der Waals surface area (Å²) in [4.78, 5) is 16.0. The van der Waals surface area contributed by atoms with Crippen molar-refractivity contribution in [3.63, 3.8) is 0 Å². The molecule has 2 unspecified atom stereocenters. The molecule has 6 nitrogen and oxygen atoms in total. The molecule has 0 radical (unpaired) electrons. The summed E-state index contributed by atoms with van der Waals surface area (Å²) in [5, 5.41) is 15.3. The first kappa shape index (κ1) is 37.2. The number of anilines is 1. The van der Waals surface area contributed by atoms with Gasteiger partial charge in [0.1, 0.15) is 17.2 Å². The molecule has 1 saturated carbocycles. The van der Waals surface area contributed by atoms with Gasteiger partial charge < -0.3 is 24.6 Å². The van der Waals surface area contributed by atoms with Crippen LogP contribution in [0.4, 0.5) is 5.69 Å². The fourth-order valence-electron chi connectivity index (χ4n) is 7.65. The lowest BCUT2D eigenvalue weighted by atomic mass is 9.76. The minimum atomic E-state index is -0.227. The lowest BCUT2D eigenvalue weighted by Gasteiger charge is -2.29. The molecule has 0 bridgehead atoms. The topological polar surface area (TPSA) is 66.7 Å². The van der Waals surface area contributed by atoms with Crippen molar-refractivity contribution in [2.24, 2.45) is 11.8 Å². The Morgan fingerprint density at radius 1 is 0.923 bits per heavy atom. The normalized spacial score (nSPS) is 14.4. The second-order valence-corrected chi connectivity index (χ2v) is 15.2. The standard InChI is InChI=1S/C46H57N3O3/c1-7-24-48(25-23-31(3)8-2)29-32(4)30-49-34(6)33(5)41-28-40(21-22-43(41)49)52-39-19-17-37(18-20-39)46(51)47-38-26-42(35-15-12-16-35)45(44(50)27-38)36-13-10-9-11-14-36/h9-11,13-14,17-22,26-28,31-32,35,50H,7-8,12,15-16,23-25,29-30H2,1-6H3,(H,47,51). The summed E-state index contributed by atoms with van der Waals surface area (Å²) in [5.41, 5.74) is 7.90. The van der Waals surface area contributed by atoms with Gasteiger partial charge >= 0.3 is 0 Å². The first-order valence-corrected chi connectivity index (χ1v) is 19.5. The van der Waals surface area contributed by atoms with Crippen LogP contribution in [0.3, 0.4) is 0 Å². The third kappa shape index (κ3) is 8.56. The maximum absolute atomic E-state index is 13.3. The lowest BCUT2D eigenvalue weighted by Crippen LogP contribution is -2.32. The number of aromatic hydroxyl groups is 1. The Bertz CT molecular complexity index is 1960. The van der Waals surface area contributed by atoms with Crippen LogP contribution in [-0.2, 0) is 6.54 Å². The van der Waals surface area contributed by atoms with Crippen LogP contribution in [-0.4, -0.2) is 40.1 Å². The Morgan fingerprint density at radius 2 is 1.65 bits per heavy atom. The lowest BCUT2D eigenvalue weighted by molar-refractivity contribution is 0.102. The Hall–Kier alpha value is -4.55. The molecule has 6 heteroatoms. The number of phenols is 1. The zero-order valence-electron chi connectivity index (χ0n) is 32.0. The maximum Gasteiger partial charge on any atom is 0.255 e. The number of ether oxygens (including phenoxy) is 1. The smallest absolute Gasteiger partial charge is 0.255 e. The van der Waals surface area contributed by atoms with Crippen molar-refractivity contribution >= 4 is 22.5 Å². The van der Waals surface area contributed by atoms with Crippen LogP contribution in [0.1, 0.15) is 99.3 Å². The van der Waals surface area contributed by atoms with Gasteiger partial charge in [-0.2, -0.15) is 0 Å². The van der Waals surface area contributed by atoms with Crippen LogP contribution in [0, 0.1) is 25.7 Å². The van der Waals surface area contributed by atoms with Gasteiger partial charge in [-0.15, -0.1) is 0 Å². The van der Waals surface area contributed by atoms with E-state index in [1.807, 2.05) is 54.6 Å². The highest BCUT2D eigenvalue weighted by molar-refractivity contribution is 6.04. The quantitative estimate of drug-likeness (QED) is 0.108. The molecule has 1 heterocycles. The molecule has 0 spiro atoms. The van der Waals surface area contributed by atoms with Crippen LogP contribution in [0.5, 0.6) is 17.2 Å². The van der Waals surface area contributed by atoms with E-state index in [0.717, 1.165) is 60.8 Å². The van der Waals surface area contributed by atoms with Gasteiger partial charge in [0.15, 0.2) is 0 Å². The minimum Gasteiger partial charge on any atom is -0.507 e. The SMILES string of the molecule is CCCN(CCC(C)CC)CC(C)Cn1c(C)c(C)c2cc(Oc3ccc(C(=O)Nc4cc(O)c(-c5ccccc5)c(C5CCC5)c4)cc3)ccc21. The second kappa shape index (κ2) is 16.9. The summed E-state index contributed by atoms with van der Waals surface area (Å²) in [6, 6.07) is 27.3. The fraction of sp³-hybridized carbons (Fsp3) is 0.413. The molecule has 1 amide bonds. The monoisotopic (exact) mass is 699 g/mol. The Balaban J connectivity index is 1.12. The molecule has 1 aliphatic rings. The Kier molecular flexibility index (Phi) is 12.1. The Morgan fingerprint density at radius 3 is 2.33 bits per heavy atom. The molecule has 52 heavy (non-hydrogen) atoms. The molecule has 2 atom stereocenters. The van der Waals surface area contributed by atoms with Crippen LogP contribution >= 0.6 is 0 Å². The highest BCUT2D eigenvalue weighted by Crippen LogP contribution is 2.46. The van der Waals surface area contributed by atoms with Crippen molar-refractivity contribution < 1.29 is 14.6 Å². The van der Waals surface area contributed by atoms with E-state index in [1.165, 1.54) is 54.4 Å². The highest BCUT2D eigenvalue weighted by atomic mass is 16.5. The molecule has 1 aliphatic carbocycles. The van der Waals surface area contributed by atoms with Crippen molar-refractivity contribution in [1.82, 2.24) is 9.47 Å². The van der Waals surface area contributed by atoms with Crippen molar-refractivity contribution in [1.29, 1.82) is 0 Å². The number of amides is 1. The number of fused-ring (bicyclic) bond motifs is 1. The molecule has 0 saturated heterocycles. The summed E-state index contributed by atoms with van der Waals surface area (Å²) >= 11 is 0. The minimum absolute atomic E-state index is 0.188. The summed E-state index contributed by atoms with van der Waals surface area (Å²) < 4.78 is 8.79. The predicted octanol–water partition coefficient (Wildman–Crippen LogP) is 11.7. The number of carbonyl (C=O) groups excluding carboxylic acids is 1. The fourth-order valence-corrected chi connectivity index (χ4v) is 7.65. The number of carbonyl (C=O) groups is 1. The third-order valence-corrected chi connectivity index (χ3v) is 11.2. The van der Waals surface area contributed by atoms with Crippen LogP contribution < -0.4 is 10.1 Å². The van der Waals surface area contributed by atoms with E-state index in [9.17, 15) is 9.90 Å². The van der Waals surface area contributed by atoms with Crippen LogP contribution in [0.2, 0.25) is 0 Å². The third-order valence-electron chi connectivity index (χ3n) is 11.2. The number of benzene rings is 4. The summed E-state index contributed by atoms with van der Waals surface area (Å²) in [6.07, 6.45) is 7.06. The van der Waals surface area contributed by atoms with E-state index in [2.05, 4.69) is 68.5 Å².